The van der Waals surface area contributed by atoms with Crippen LogP contribution in [0.5, 0.6) is 0 Å². The Bertz CT molecular complexity index is 855. The molecule has 1 fully saturated rings. The number of rotatable bonds is 7. The second-order valence-electron chi connectivity index (χ2n) is 5.65. The molecule has 0 bridgehead atoms. The van der Waals surface area contributed by atoms with Crippen LogP contribution in [0, 0.1) is 0 Å². The fourth-order valence-electron chi connectivity index (χ4n) is 2.38. The molecule has 0 aliphatic heterocycles. The molecule has 1 aliphatic carbocycles. The summed E-state index contributed by atoms with van der Waals surface area (Å²) < 4.78 is 6.23. The molecular formula is C16H16N4O2S3. The first-order chi connectivity index (χ1) is 12.2. The van der Waals surface area contributed by atoms with Crippen LogP contribution in [0.2, 0.25) is 0 Å². The van der Waals surface area contributed by atoms with Crippen LogP contribution >= 0.6 is 34.4 Å². The molecule has 0 spiro atoms. The Balaban J connectivity index is 1.40. The zero-order valence-corrected chi connectivity index (χ0v) is 16.0. The maximum absolute atomic E-state index is 12.1. The molecular weight excluding hydrogens is 376 g/mol. The Labute approximate surface area is 157 Å². The van der Waals surface area contributed by atoms with E-state index in [-0.39, 0.29) is 5.91 Å². The fraction of sp³-hybridized carbons (Fsp3) is 0.375. The Morgan fingerprint density at radius 1 is 1.44 bits per heavy atom. The van der Waals surface area contributed by atoms with E-state index in [0.717, 1.165) is 33.5 Å². The molecule has 9 heteroatoms. The normalized spacial score (nSPS) is 14.0. The van der Waals surface area contributed by atoms with E-state index < -0.39 is 0 Å². The molecule has 1 aliphatic rings. The summed E-state index contributed by atoms with van der Waals surface area (Å²) in [4.78, 5) is 15.0. The van der Waals surface area contributed by atoms with Crippen molar-refractivity contribution in [3.63, 3.8) is 0 Å². The maximum atomic E-state index is 12.1. The zero-order valence-electron chi connectivity index (χ0n) is 13.5. The van der Waals surface area contributed by atoms with Crippen LogP contribution < -0.4 is 4.90 Å². The van der Waals surface area contributed by atoms with Crippen LogP contribution in [0.4, 0.5) is 5.13 Å². The van der Waals surface area contributed by atoms with Gasteiger partial charge >= 0.3 is 0 Å². The van der Waals surface area contributed by atoms with E-state index in [9.17, 15) is 4.79 Å². The Hall–Kier alpha value is -1.71. The highest BCUT2D eigenvalue weighted by Crippen LogP contribution is 2.37. The summed E-state index contributed by atoms with van der Waals surface area (Å²) in [6.45, 7) is 1.88. The van der Waals surface area contributed by atoms with Gasteiger partial charge in [0.15, 0.2) is 10.1 Å². The minimum Gasteiger partial charge on any atom is -0.355 e. The number of thioether (sulfide) groups is 1. The lowest BCUT2D eigenvalue weighted by atomic mass is 10.3. The van der Waals surface area contributed by atoms with Gasteiger partial charge in [0.1, 0.15) is 0 Å². The molecule has 0 saturated heterocycles. The van der Waals surface area contributed by atoms with Crippen molar-refractivity contribution < 1.29 is 9.32 Å². The van der Waals surface area contributed by atoms with Gasteiger partial charge in [-0.05, 0) is 24.3 Å². The highest BCUT2D eigenvalue weighted by molar-refractivity contribution is 8.00. The third-order valence-electron chi connectivity index (χ3n) is 3.75. The lowest BCUT2D eigenvalue weighted by molar-refractivity contribution is -0.118. The number of aromatic nitrogens is 3. The molecule has 3 heterocycles. The number of amides is 1. The fourth-order valence-corrected chi connectivity index (χ4v) is 4.86. The zero-order chi connectivity index (χ0) is 17.2. The number of anilines is 1. The van der Waals surface area contributed by atoms with Crippen LogP contribution in [-0.4, -0.2) is 27.3 Å². The quantitative estimate of drug-likeness (QED) is 0.437. The highest BCUT2D eigenvalue weighted by atomic mass is 32.2. The number of nitrogens with zero attached hydrogens (tertiary/aromatic N) is 4. The minimum absolute atomic E-state index is 0.118. The van der Waals surface area contributed by atoms with E-state index in [1.165, 1.54) is 11.3 Å². The van der Waals surface area contributed by atoms with E-state index >= 15 is 0 Å². The van der Waals surface area contributed by atoms with E-state index in [1.807, 2.05) is 35.4 Å². The van der Waals surface area contributed by atoms with Gasteiger partial charge in [-0.2, -0.15) is 0 Å². The Morgan fingerprint density at radius 2 is 2.32 bits per heavy atom. The standard InChI is InChI=1S/C16H16N4O2S3/c1-2-14(21)20(11-5-6-11)15-17-18-16(25-15)24-9-10-8-12(22-19-10)13-4-3-7-23-13/h3-4,7-8,11H,2,5-6,9H2,1H3. The van der Waals surface area contributed by atoms with E-state index in [4.69, 9.17) is 4.52 Å². The lowest BCUT2D eigenvalue weighted by Crippen LogP contribution is -2.32. The first-order valence-corrected chi connectivity index (χ1v) is 10.7. The number of thiophene rings is 1. The Morgan fingerprint density at radius 3 is 3.04 bits per heavy atom. The van der Waals surface area contributed by atoms with Crippen LogP contribution in [0.3, 0.4) is 0 Å². The van der Waals surface area contributed by atoms with Crippen molar-refractivity contribution >= 4 is 45.5 Å². The van der Waals surface area contributed by atoms with Gasteiger partial charge in [0.25, 0.3) is 0 Å². The summed E-state index contributed by atoms with van der Waals surface area (Å²) in [6.07, 6.45) is 2.60. The number of hydrogen-bond acceptors (Lipinski definition) is 8. The summed E-state index contributed by atoms with van der Waals surface area (Å²) in [7, 11) is 0. The van der Waals surface area contributed by atoms with Crippen LogP contribution in [0.15, 0.2) is 32.4 Å². The average molecular weight is 393 g/mol. The third-order valence-corrected chi connectivity index (χ3v) is 6.73. The van der Waals surface area contributed by atoms with Crippen LogP contribution in [-0.2, 0) is 10.5 Å². The maximum Gasteiger partial charge on any atom is 0.228 e. The van der Waals surface area contributed by atoms with Crippen molar-refractivity contribution in [2.75, 3.05) is 4.90 Å². The van der Waals surface area contributed by atoms with Crippen molar-refractivity contribution in [2.45, 2.75) is 42.3 Å². The summed E-state index contributed by atoms with van der Waals surface area (Å²) in [5, 5.41) is 15.3. The molecule has 0 radical (unpaired) electrons. The number of carbonyl (C=O) groups excluding carboxylic acids is 1. The SMILES string of the molecule is CCC(=O)N(c1nnc(SCc2cc(-c3cccs3)on2)s1)C1CC1. The second-order valence-corrected chi connectivity index (χ2v) is 8.77. The minimum atomic E-state index is 0.118. The van der Waals surface area contributed by atoms with Crippen molar-refractivity contribution in [1.29, 1.82) is 0 Å². The topological polar surface area (TPSA) is 72.1 Å². The highest BCUT2D eigenvalue weighted by Gasteiger charge is 2.35. The van der Waals surface area contributed by atoms with Gasteiger partial charge < -0.3 is 4.52 Å². The van der Waals surface area contributed by atoms with Gasteiger partial charge in [-0.15, -0.1) is 21.5 Å². The number of hydrogen-bond donors (Lipinski definition) is 0. The predicted octanol–water partition coefficient (Wildman–Crippen LogP) is 4.45. The largest absolute Gasteiger partial charge is 0.355 e. The van der Waals surface area contributed by atoms with E-state index in [1.54, 1.807) is 23.1 Å². The van der Waals surface area contributed by atoms with Gasteiger partial charge in [0.2, 0.25) is 11.0 Å². The number of carbonyl (C=O) groups is 1. The van der Waals surface area contributed by atoms with Gasteiger partial charge in [-0.25, -0.2) is 0 Å². The first-order valence-electron chi connectivity index (χ1n) is 8.02. The van der Waals surface area contributed by atoms with Crippen molar-refractivity contribution in [2.24, 2.45) is 0 Å². The monoisotopic (exact) mass is 392 g/mol. The average Bonchev–Trinajstić information content (AvgIpc) is 3.06. The van der Waals surface area contributed by atoms with Gasteiger partial charge in [-0.3, -0.25) is 9.69 Å². The van der Waals surface area contributed by atoms with Gasteiger partial charge in [0, 0.05) is 24.3 Å². The molecule has 3 aromatic rings. The smallest absolute Gasteiger partial charge is 0.228 e. The molecule has 25 heavy (non-hydrogen) atoms. The molecule has 0 unspecified atom stereocenters. The van der Waals surface area contributed by atoms with Crippen molar-refractivity contribution in [1.82, 2.24) is 15.4 Å². The van der Waals surface area contributed by atoms with Crippen molar-refractivity contribution in [3.05, 3.63) is 29.3 Å². The molecule has 0 atom stereocenters. The Kier molecular flexibility index (Phi) is 4.87. The van der Waals surface area contributed by atoms with Crippen LogP contribution in [0.1, 0.15) is 31.9 Å². The summed E-state index contributed by atoms with van der Waals surface area (Å²) >= 11 is 4.65. The summed E-state index contributed by atoms with van der Waals surface area (Å²) in [6, 6.07) is 6.26. The van der Waals surface area contributed by atoms with Crippen molar-refractivity contribution in [3.8, 4) is 10.6 Å². The molecule has 3 aromatic heterocycles. The van der Waals surface area contributed by atoms with E-state index in [0.29, 0.717) is 23.3 Å². The van der Waals surface area contributed by atoms with Gasteiger partial charge in [0.05, 0.1) is 10.6 Å². The molecule has 130 valence electrons. The summed E-state index contributed by atoms with van der Waals surface area (Å²) in [5.74, 6) is 1.57. The molecule has 1 saturated carbocycles. The van der Waals surface area contributed by atoms with Gasteiger partial charge in [-0.1, -0.05) is 41.2 Å². The summed E-state index contributed by atoms with van der Waals surface area (Å²) in [5.41, 5.74) is 0.869. The van der Waals surface area contributed by atoms with E-state index in [2.05, 4.69) is 15.4 Å². The molecule has 4 rings (SSSR count). The lowest BCUT2D eigenvalue weighted by Gasteiger charge is -2.17. The molecule has 6 nitrogen and oxygen atoms in total. The molecule has 0 N–H and O–H groups in total. The third kappa shape index (κ3) is 3.78. The predicted molar refractivity (Wildman–Crippen MR) is 100 cm³/mol. The molecule has 0 aromatic carbocycles. The van der Waals surface area contributed by atoms with Crippen LogP contribution in [0.25, 0.3) is 10.6 Å². The second kappa shape index (κ2) is 7.27. The first kappa shape index (κ1) is 16.7. The molecule has 1 amide bonds.